The van der Waals surface area contributed by atoms with E-state index in [0.717, 1.165) is 0 Å². The molecule has 8 heteroatoms. The van der Waals surface area contributed by atoms with Gasteiger partial charge in [0.2, 0.25) is 11.8 Å². The minimum absolute atomic E-state index is 0.312. The van der Waals surface area contributed by atoms with E-state index < -0.39 is 8.26 Å². The first-order valence-electron chi connectivity index (χ1n) is 2.55. The number of carbonyl (C=O) groups is 2. The molecule has 0 heterocycles. The topological polar surface area (TPSA) is 80.3 Å². The highest BCUT2D eigenvalue weighted by molar-refractivity contribution is 8.31. The molecule has 1 N–H and O–H groups in total. The number of nitrogens with one attached hydrogen (secondary N) is 1. The standard InChI is InChI=1S/C4H7NO2.Cl2O2S/c1-3(6)5-4(2)7;1-5(2,3)4/h1-2H3,(H,5,6,7);. The third-order valence-corrected chi connectivity index (χ3v) is 0.352. The Morgan fingerprint density at radius 3 is 1.25 bits per heavy atom. The zero-order valence-corrected chi connectivity index (χ0v) is 8.63. The first-order chi connectivity index (χ1) is 5.13. The summed E-state index contributed by atoms with van der Waals surface area (Å²) in [5.74, 6) is -0.625. The molecule has 0 spiro atoms. The average Bonchev–Trinajstić information content (AvgIpc) is 1.52. The van der Waals surface area contributed by atoms with Gasteiger partial charge in [-0.3, -0.25) is 14.9 Å². The molecule has 0 bridgehead atoms. The molecular formula is C4H7Cl2NO4S. The monoisotopic (exact) mass is 235 g/mol. The second-order valence-electron chi connectivity index (χ2n) is 1.62. The van der Waals surface area contributed by atoms with Crippen LogP contribution < -0.4 is 5.32 Å². The number of imide groups is 1. The van der Waals surface area contributed by atoms with Gasteiger partial charge in [-0.1, -0.05) is 0 Å². The SMILES string of the molecule is CC(=O)NC(C)=O.O=S(=O)(Cl)Cl. The van der Waals surface area contributed by atoms with Crippen molar-refractivity contribution in [2.45, 2.75) is 13.8 Å². The van der Waals surface area contributed by atoms with Gasteiger partial charge >= 0.3 is 8.26 Å². The van der Waals surface area contributed by atoms with Crippen molar-refractivity contribution in [3.8, 4) is 0 Å². The summed E-state index contributed by atoms with van der Waals surface area (Å²) >= 11 is 0. The molecule has 5 nitrogen and oxygen atoms in total. The van der Waals surface area contributed by atoms with Gasteiger partial charge in [-0.25, -0.2) is 0 Å². The van der Waals surface area contributed by atoms with E-state index in [1.165, 1.54) is 13.8 Å². The fourth-order valence-corrected chi connectivity index (χ4v) is 0.248. The second-order valence-corrected chi connectivity index (χ2v) is 5.28. The van der Waals surface area contributed by atoms with E-state index in [1.807, 2.05) is 5.32 Å². The third kappa shape index (κ3) is 54.0. The average molecular weight is 236 g/mol. The van der Waals surface area contributed by atoms with E-state index in [2.05, 4.69) is 21.4 Å². The Hall–Kier alpha value is -0.330. The molecule has 0 aliphatic rings. The van der Waals surface area contributed by atoms with Crippen molar-refractivity contribution in [1.82, 2.24) is 5.32 Å². The lowest BCUT2D eigenvalue weighted by molar-refractivity contribution is -0.127. The molecule has 2 amide bonds. The summed E-state index contributed by atoms with van der Waals surface area (Å²) in [7, 11) is 4.81. The number of hydrogen-bond acceptors (Lipinski definition) is 4. The highest BCUT2D eigenvalue weighted by Gasteiger charge is 1.90. The van der Waals surface area contributed by atoms with Crippen LogP contribution in [-0.4, -0.2) is 20.2 Å². The van der Waals surface area contributed by atoms with Crippen molar-refractivity contribution in [3.63, 3.8) is 0 Å². The maximum absolute atomic E-state index is 9.92. The van der Waals surface area contributed by atoms with Gasteiger partial charge in [0.25, 0.3) is 0 Å². The second kappa shape index (κ2) is 6.22. The maximum Gasteiger partial charge on any atom is 0.317 e. The Labute approximate surface area is 79.0 Å². The molecule has 0 aromatic heterocycles. The van der Waals surface area contributed by atoms with Crippen molar-refractivity contribution in [2.75, 3.05) is 0 Å². The van der Waals surface area contributed by atoms with E-state index >= 15 is 0 Å². The molecule has 0 aromatic carbocycles. The zero-order valence-electron chi connectivity index (χ0n) is 6.30. The molecule has 0 aliphatic heterocycles. The highest BCUT2D eigenvalue weighted by atomic mass is 36.0. The first-order valence-corrected chi connectivity index (χ1v) is 5.69. The van der Waals surface area contributed by atoms with Gasteiger partial charge in [-0.05, 0) is 0 Å². The quantitative estimate of drug-likeness (QED) is 0.616. The largest absolute Gasteiger partial charge is 0.317 e. The van der Waals surface area contributed by atoms with Crippen molar-refractivity contribution in [1.29, 1.82) is 0 Å². The normalized spacial score (nSPS) is 9.33. The summed E-state index contributed by atoms with van der Waals surface area (Å²) < 4.78 is 18.3. The molecule has 0 aliphatic carbocycles. The van der Waals surface area contributed by atoms with Crippen molar-refractivity contribution < 1.29 is 18.0 Å². The Morgan fingerprint density at radius 2 is 1.25 bits per heavy atom. The van der Waals surface area contributed by atoms with E-state index in [-0.39, 0.29) is 11.8 Å². The molecule has 0 atom stereocenters. The predicted octanol–water partition coefficient (Wildman–Crippen LogP) is 0.378. The molecule has 0 fully saturated rings. The van der Waals surface area contributed by atoms with Crippen LogP contribution in [0.2, 0.25) is 0 Å². The first kappa shape index (κ1) is 14.2. The number of hydrogen-bond donors (Lipinski definition) is 1. The number of halogens is 2. The van der Waals surface area contributed by atoms with Gasteiger partial charge in [-0.15, -0.1) is 0 Å². The molecule has 0 saturated carbocycles. The number of rotatable bonds is 0. The lowest BCUT2D eigenvalue weighted by atomic mass is 10.6. The van der Waals surface area contributed by atoms with Gasteiger partial charge in [0.1, 0.15) is 0 Å². The molecule has 0 unspecified atom stereocenters. The molecule has 0 saturated heterocycles. The van der Waals surface area contributed by atoms with E-state index in [9.17, 15) is 9.59 Å². The van der Waals surface area contributed by atoms with Crippen LogP contribution in [0.3, 0.4) is 0 Å². The number of carbonyl (C=O) groups excluding carboxylic acids is 2. The highest BCUT2D eigenvalue weighted by Crippen LogP contribution is 1.98. The minimum Gasteiger partial charge on any atom is -0.297 e. The van der Waals surface area contributed by atoms with Crippen LogP contribution >= 0.6 is 21.4 Å². The summed E-state index contributed by atoms with van der Waals surface area (Å²) in [4.78, 5) is 19.8. The number of amides is 2. The van der Waals surface area contributed by atoms with Crippen LogP contribution in [0.4, 0.5) is 0 Å². The fourth-order valence-electron chi connectivity index (χ4n) is 0.248. The van der Waals surface area contributed by atoms with E-state index in [1.54, 1.807) is 0 Å². The van der Waals surface area contributed by atoms with Crippen molar-refractivity contribution in [3.05, 3.63) is 0 Å². The van der Waals surface area contributed by atoms with Crippen LogP contribution in [0.1, 0.15) is 13.8 Å². The van der Waals surface area contributed by atoms with Crippen molar-refractivity contribution >= 4 is 41.4 Å². The summed E-state index contributed by atoms with van der Waals surface area (Å²) in [5, 5.41) is 2.03. The summed E-state index contributed by atoms with van der Waals surface area (Å²) in [6, 6.07) is 0. The molecule has 72 valence electrons. The molecule has 0 aromatic rings. The Kier molecular flexibility index (Phi) is 7.36. The Bertz CT molecular complexity index is 240. The van der Waals surface area contributed by atoms with Gasteiger partial charge in [0.05, 0.1) is 0 Å². The molecule has 0 radical (unpaired) electrons. The summed E-state index contributed by atoms with van der Waals surface area (Å²) in [6.07, 6.45) is 0. The van der Waals surface area contributed by atoms with Gasteiger partial charge in [0.15, 0.2) is 0 Å². The summed E-state index contributed by atoms with van der Waals surface area (Å²) in [6.45, 7) is 2.59. The zero-order chi connectivity index (χ0) is 10.4. The van der Waals surface area contributed by atoms with Gasteiger partial charge < -0.3 is 0 Å². The van der Waals surface area contributed by atoms with Crippen molar-refractivity contribution in [2.24, 2.45) is 0 Å². The minimum atomic E-state index is -3.72. The molecule has 12 heavy (non-hydrogen) atoms. The lowest BCUT2D eigenvalue weighted by Crippen LogP contribution is -2.24. The Morgan fingerprint density at radius 1 is 1.08 bits per heavy atom. The third-order valence-electron chi connectivity index (χ3n) is 0.352. The van der Waals surface area contributed by atoms with Crippen LogP contribution in [0.15, 0.2) is 0 Å². The van der Waals surface area contributed by atoms with Crippen LogP contribution in [0, 0.1) is 0 Å². The van der Waals surface area contributed by atoms with Gasteiger partial charge in [0, 0.05) is 35.2 Å². The smallest absolute Gasteiger partial charge is 0.297 e. The van der Waals surface area contributed by atoms with E-state index in [0.29, 0.717) is 0 Å². The molecular weight excluding hydrogens is 229 g/mol. The van der Waals surface area contributed by atoms with Gasteiger partial charge in [-0.2, -0.15) is 8.42 Å². The molecule has 0 rings (SSSR count). The van der Waals surface area contributed by atoms with Crippen LogP contribution in [0.5, 0.6) is 0 Å². The Balaban J connectivity index is 0. The predicted molar refractivity (Wildman–Crippen MR) is 45.1 cm³/mol. The lowest BCUT2D eigenvalue weighted by Gasteiger charge is -1.88. The summed E-state index contributed by atoms with van der Waals surface area (Å²) in [5.41, 5.74) is 0. The van der Waals surface area contributed by atoms with E-state index in [4.69, 9.17) is 8.42 Å². The van der Waals surface area contributed by atoms with Crippen LogP contribution in [-0.2, 0) is 17.9 Å². The van der Waals surface area contributed by atoms with Crippen LogP contribution in [0.25, 0.3) is 0 Å². The fraction of sp³-hybridized carbons (Fsp3) is 0.500. The maximum atomic E-state index is 9.92.